The van der Waals surface area contributed by atoms with Crippen LogP contribution in [-0.4, -0.2) is 29.7 Å². The van der Waals surface area contributed by atoms with Crippen LogP contribution in [0.3, 0.4) is 0 Å². The lowest BCUT2D eigenvalue weighted by molar-refractivity contribution is -0.116. The first-order valence-corrected chi connectivity index (χ1v) is 10.6. The molecular weight excluding hydrogens is 372 g/mol. The molecule has 0 radical (unpaired) electrons. The number of hydrogen-bond donors (Lipinski definition) is 3. The summed E-state index contributed by atoms with van der Waals surface area (Å²) in [5, 5.41) is 6.30. The highest BCUT2D eigenvalue weighted by Gasteiger charge is 2.17. The monoisotopic (exact) mass is 404 g/mol. The molecule has 0 atom stereocenters. The molecule has 1 amide bonds. The number of nitrogens with zero attached hydrogens (tertiary/aromatic N) is 1. The molecule has 3 rings (SSSR count). The number of amides is 1. The van der Waals surface area contributed by atoms with Gasteiger partial charge >= 0.3 is 0 Å². The summed E-state index contributed by atoms with van der Waals surface area (Å²) in [6.45, 7) is 12.0. The predicted octanol–water partition coefficient (Wildman–Crippen LogP) is 4.74. The fraction of sp³-hybridized carbons (Fsp3) is 0.360. The molecule has 30 heavy (non-hydrogen) atoms. The average molecular weight is 405 g/mol. The Bertz CT molecular complexity index is 970. The minimum atomic E-state index is -0.0895. The molecule has 2 aliphatic heterocycles. The normalized spacial score (nSPS) is 19.3. The third-order valence-electron chi connectivity index (χ3n) is 5.49. The zero-order valence-electron chi connectivity index (χ0n) is 18.3. The minimum absolute atomic E-state index is 0.0895. The number of nitrogens with one attached hydrogen (secondary N) is 3. The Balaban J connectivity index is 1.77. The second-order valence-corrected chi connectivity index (χ2v) is 7.78. The van der Waals surface area contributed by atoms with Crippen LogP contribution in [0.15, 0.2) is 53.2 Å². The van der Waals surface area contributed by atoms with Gasteiger partial charge in [0.2, 0.25) is 0 Å². The summed E-state index contributed by atoms with van der Waals surface area (Å²) in [5.41, 5.74) is 7.83. The second-order valence-electron chi connectivity index (χ2n) is 7.78. The van der Waals surface area contributed by atoms with Gasteiger partial charge in [-0.25, -0.2) is 0 Å². The third kappa shape index (κ3) is 5.29. The SMILES string of the molecule is C=C(NCCC1=NCCC=C1)c1c(C)[nH]c(C=C2C(=O)N/C=C/CCC=C2C)c1C. The number of H-pyrrole nitrogens is 1. The van der Waals surface area contributed by atoms with Crippen molar-refractivity contribution in [3.05, 3.63) is 70.7 Å². The van der Waals surface area contributed by atoms with E-state index >= 15 is 0 Å². The Morgan fingerprint density at radius 3 is 2.83 bits per heavy atom. The highest BCUT2D eigenvalue weighted by molar-refractivity contribution is 6.02. The summed E-state index contributed by atoms with van der Waals surface area (Å²) in [4.78, 5) is 20.6. The quantitative estimate of drug-likeness (QED) is 0.600. The Labute approximate surface area is 179 Å². The van der Waals surface area contributed by atoms with Gasteiger partial charge in [-0.2, -0.15) is 0 Å². The van der Waals surface area contributed by atoms with Gasteiger partial charge in [0.05, 0.1) is 0 Å². The number of aromatic amines is 1. The summed E-state index contributed by atoms with van der Waals surface area (Å²) < 4.78 is 0. The molecule has 1 aromatic heterocycles. The van der Waals surface area contributed by atoms with Gasteiger partial charge < -0.3 is 15.6 Å². The van der Waals surface area contributed by atoms with Gasteiger partial charge in [-0.1, -0.05) is 24.8 Å². The van der Waals surface area contributed by atoms with E-state index < -0.39 is 0 Å². The van der Waals surface area contributed by atoms with Crippen molar-refractivity contribution >= 4 is 23.4 Å². The number of aryl methyl sites for hydroxylation is 1. The van der Waals surface area contributed by atoms with E-state index in [0.717, 1.165) is 78.3 Å². The molecule has 2 aliphatic rings. The maximum absolute atomic E-state index is 12.6. The Morgan fingerprint density at radius 1 is 1.23 bits per heavy atom. The van der Waals surface area contributed by atoms with E-state index in [1.165, 1.54) is 0 Å². The number of aliphatic imine (C=N–C) groups is 1. The maximum atomic E-state index is 12.6. The molecule has 0 saturated heterocycles. The first-order chi connectivity index (χ1) is 14.5. The van der Waals surface area contributed by atoms with Crippen molar-refractivity contribution in [2.75, 3.05) is 13.1 Å². The lowest BCUT2D eigenvalue weighted by atomic mass is 10.0. The molecule has 0 bridgehead atoms. The number of aromatic nitrogens is 1. The summed E-state index contributed by atoms with van der Waals surface area (Å²) in [6, 6.07) is 0. The molecule has 0 saturated carbocycles. The molecule has 3 N–H and O–H groups in total. The van der Waals surface area contributed by atoms with Gasteiger partial charge in [0.25, 0.3) is 5.91 Å². The van der Waals surface area contributed by atoms with Gasteiger partial charge in [0, 0.05) is 59.6 Å². The van der Waals surface area contributed by atoms with E-state index in [4.69, 9.17) is 0 Å². The molecule has 0 unspecified atom stereocenters. The molecule has 3 heterocycles. The van der Waals surface area contributed by atoms with Crippen LogP contribution in [0, 0.1) is 13.8 Å². The van der Waals surface area contributed by atoms with E-state index in [1.54, 1.807) is 6.20 Å². The van der Waals surface area contributed by atoms with Crippen LogP contribution >= 0.6 is 0 Å². The zero-order valence-corrected chi connectivity index (χ0v) is 18.3. The van der Waals surface area contributed by atoms with Gasteiger partial charge in [-0.05, 0) is 63.3 Å². The Kier molecular flexibility index (Phi) is 7.28. The van der Waals surface area contributed by atoms with E-state index in [0.29, 0.717) is 5.57 Å². The van der Waals surface area contributed by atoms with Gasteiger partial charge in [-0.3, -0.25) is 9.79 Å². The van der Waals surface area contributed by atoms with Gasteiger partial charge in [0.1, 0.15) is 0 Å². The summed E-state index contributed by atoms with van der Waals surface area (Å²) in [5.74, 6) is -0.0895. The molecule has 0 aliphatic carbocycles. The van der Waals surface area contributed by atoms with Crippen molar-refractivity contribution in [3.8, 4) is 0 Å². The number of carbonyl (C=O) groups excluding carboxylic acids is 1. The van der Waals surface area contributed by atoms with Crippen LogP contribution in [0.1, 0.15) is 55.1 Å². The van der Waals surface area contributed by atoms with Crippen LogP contribution < -0.4 is 10.6 Å². The van der Waals surface area contributed by atoms with Crippen LogP contribution in [0.5, 0.6) is 0 Å². The molecule has 158 valence electrons. The molecule has 5 heteroatoms. The highest BCUT2D eigenvalue weighted by atomic mass is 16.1. The van der Waals surface area contributed by atoms with Crippen LogP contribution in [0.2, 0.25) is 0 Å². The molecule has 5 nitrogen and oxygen atoms in total. The Hall–Kier alpha value is -3.08. The predicted molar refractivity (Wildman–Crippen MR) is 126 cm³/mol. The smallest absolute Gasteiger partial charge is 0.255 e. The molecule has 1 aromatic rings. The van der Waals surface area contributed by atoms with Crippen LogP contribution in [0.4, 0.5) is 0 Å². The van der Waals surface area contributed by atoms with Gasteiger partial charge in [-0.15, -0.1) is 0 Å². The largest absolute Gasteiger partial charge is 0.385 e. The van der Waals surface area contributed by atoms with E-state index in [1.807, 2.05) is 26.0 Å². The molecule has 0 fully saturated rings. The topological polar surface area (TPSA) is 69.3 Å². The highest BCUT2D eigenvalue weighted by Crippen LogP contribution is 2.26. The first kappa shape index (κ1) is 21.6. The summed E-state index contributed by atoms with van der Waals surface area (Å²) in [6.07, 6.45) is 15.8. The minimum Gasteiger partial charge on any atom is -0.385 e. The lowest BCUT2D eigenvalue weighted by Gasteiger charge is -2.12. The van der Waals surface area contributed by atoms with Crippen molar-refractivity contribution in [2.45, 2.75) is 46.5 Å². The Morgan fingerprint density at radius 2 is 2.07 bits per heavy atom. The number of allylic oxidation sites excluding steroid dienone is 3. The van der Waals surface area contributed by atoms with E-state index in [9.17, 15) is 4.79 Å². The van der Waals surface area contributed by atoms with Crippen LogP contribution in [-0.2, 0) is 4.79 Å². The standard InChI is InChI=1S/C25H32N4O/c1-17-10-6-5-8-14-28-25(30)22(17)16-23-18(2)24(20(4)29-23)19(3)26-15-12-21-11-7-9-13-27-21/h7-8,10-11,14,16,26,29H,3,5-6,9,12-13,15H2,1-2,4H3,(H,28,30)/b14-8+,17-10?,22-16?. The van der Waals surface area contributed by atoms with Crippen LogP contribution in [0.25, 0.3) is 11.8 Å². The molecular formula is C25H32N4O. The first-order valence-electron chi connectivity index (χ1n) is 10.6. The molecule has 0 aromatic carbocycles. The van der Waals surface area contributed by atoms with Crippen molar-refractivity contribution in [1.82, 2.24) is 15.6 Å². The zero-order chi connectivity index (χ0) is 21.5. The fourth-order valence-corrected chi connectivity index (χ4v) is 3.82. The van der Waals surface area contributed by atoms with E-state index in [2.05, 4.69) is 52.3 Å². The summed E-state index contributed by atoms with van der Waals surface area (Å²) in [7, 11) is 0. The maximum Gasteiger partial charge on any atom is 0.255 e. The third-order valence-corrected chi connectivity index (χ3v) is 5.49. The number of carbonyl (C=O) groups is 1. The summed E-state index contributed by atoms with van der Waals surface area (Å²) >= 11 is 0. The van der Waals surface area contributed by atoms with Crippen molar-refractivity contribution < 1.29 is 4.79 Å². The van der Waals surface area contributed by atoms with Crippen molar-refractivity contribution in [2.24, 2.45) is 4.99 Å². The van der Waals surface area contributed by atoms with Gasteiger partial charge in [0.15, 0.2) is 0 Å². The average Bonchev–Trinajstić information content (AvgIpc) is 3.04. The number of rotatable bonds is 6. The number of hydrogen-bond acceptors (Lipinski definition) is 3. The lowest BCUT2D eigenvalue weighted by Crippen LogP contribution is -2.19. The second kappa shape index (κ2) is 10.1. The fourth-order valence-electron chi connectivity index (χ4n) is 3.82. The van der Waals surface area contributed by atoms with Crippen molar-refractivity contribution in [3.63, 3.8) is 0 Å². The van der Waals surface area contributed by atoms with Crippen molar-refractivity contribution in [1.29, 1.82) is 0 Å². The van der Waals surface area contributed by atoms with E-state index in [-0.39, 0.29) is 5.91 Å². The number of dihydropyridines is 1. The molecule has 0 spiro atoms.